The number of carbonyl (C=O) groups excluding carboxylic acids is 1. The average Bonchev–Trinajstić information content (AvgIpc) is 2.54. The smallest absolute Gasteiger partial charge is 0.341 e. The Kier molecular flexibility index (Phi) is 5.40. The van der Waals surface area contributed by atoms with Gasteiger partial charge in [0.1, 0.15) is 5.75 Å². The molecule has 2 rings (SSSR count). The van der Waals surface area contributed by atoms with E-state index >= 15 is 0 Å². The number of nitrogens with one attached hydrogen (secondary N) is 1. The van der Waals surface area contributed by atoms with Gasteiger partial charge in [-0.3, -0.25) is 9.78 Å². The topological polar surface area (TPSA) is 101 Å². The molecule has 0 aliphatic carbocycles. The van der Waals surface area contributed by atoms with E-state index in [1.54, 1.807) is 36.4 Å². The van der Waals surface area contributed by atoms with Gasteiger partial charge in [-0.1, -0.05) is 12.1 Å². The normalized spacial score (nSPS) is 10.5. The van der Waals surface area contributed by atoms with Crippen molar-refractivity contribution in [2.75, 3.05) is 6.61 Å². The molecule has 0 atom stereocenters. The van der Waals surface area contributed by atoms with E-state index in [0.717, 1.165) is 5.69 Å². The molecule has 1 aromatic carbocycles. The van der Waals surface area contributed by atoms with Crippen molar-refractivity contribution in [2.24, 2.45) is 5.10 Å². The lowest BCUT2D eigenvalue weighted by molar-refractivity contribution is -0.139. The molecule has 2 N–H and O–H groups in total. The van der Waals surface area contributed by atoms with E-state index in [0.29, 0.717) is 16.9 Å². The summed E-state index contributed by atoms with van der Waals surface area (Å²) in [5.74, 6) is -1.10. The summed E-state index contributed by atoms with van der Waals surface area (Å²) < 4.78 is 5.14. The van der Waals surface area contributed by atoms with E-state index < -0.39 is 18.5 Å². The Labute approximate surface area is 132 Å². The zero-order valence-corrected chi connectivity index (χ0v) is 12.4. The van der Waals surface area contributed by atoms with Gasteiger partial charge >= 0.3 is 5.97 Å². The van der Waals surface area contributed by atoms with Crippen LogP contribution >= 0.6 is 0 Å². The monoisotopic (exact) mass is 313 g/mol. The molecule has 0 spiro atoms. The van der Waals surface area contributed by atoms with E-state index in [-0.39, 0.29) is 0 Å². The van der Waals surface area contributed by atoms with E-state index in [1.807, 2.05) is 6.92 Å². The van der Waals surface area contributed by atoms with Gasteiger partial charge in [0.05, 0.1) is 11.8 Å². The quantitative estimate of drug-likeness (QED) is 0.623. The fourth-order valence-electron chi connectivity index (χ4n) is 1.69. The van der Waals surface area contributed by atoms with Gasteiger partial charge < -0.3 is 9.84 Å². The van der Waals surface area contributed by atoms with E-state index in [2.05, 4.69) is 15.5 Å². The third kappa shape index (κ3) is 4.92. The number of aromatic nitrogens is 1. The molecular weight excluding hydrogens is 298 g/mol. The van der Waals surface area contributed by atoms with Gasteiger partial charge in [-0.15, -0.1) is 0 Å². The largest absolute Gasteiger partial charge is 0.481 e. The molecule has 2 aromatic rings. The predicted molar refractivity (Wildman–Crippen MR) is 83.6 cm³/mol. The molecule has 1 aromatic heterocycles. The van der Waals surface area contributed by atoms with Crippen molar-refractivity contribution in [3.8, 4) is 5.75 Å². The summed E-state index contributed by atoms with van der Waals surface area (Å²) in [7, 11) is 0. The number of hydrogen-bond acceptors (Lipinski definition) is 5. The first-order chi connectivity index (χ1) is 11.1. The number of carbonyl (C=O) groups is 2. The van der Waals surface area contributed by atoms with Crippen LogP contribution in [0.25, 0.3) is 0 Å². The molecule has 23 heavy (non-hydrogen) atoms. The molecular formula is C16H15N3O4. The number of benzene rings is 1. The van der Waals surface area contributed by atoms with Gasteiger partial charge in [0.25, 0.3) is 5.91 Å². The summed E-state index contributed by atoms with van der Waals surface area (Å²) in [4.78, 5) is 26.5. The molecule has 0 saturated carbocycles. The molecule has 0 radical (unpaired) electrons. The summed E-state index contributed by atoms with van der Waals surface area (Å²) in [6.07, 6.45) is 2.85. The lowest BCUT2D eigenvalue weighted by atomic mass is 10.2. The van der Waals surface area contributed by atoms with Crippen molar-refractivity contribution in [2.45, 2.75) is 6.92 Å². The number of aliphatic carboxylic acids is 1. The van der Waals surface area contributed by atoms with Crippen LogP contribution in [0.1, 0.15) is 21.6 Å². The molecule has 0 saturated heterocycles. The minimum absolute atomic E-state index is 0.366. The molecule has 0 aliphatic heterocycles. The molecule has 7 nitrogen and oxygen atoms in total. The van der Waals surface area contributed by atoms with Crippen molar-refractivity contribution in [1.29, 1.82) is 0 Å². The van der Waals surface area contributed by atoms with Crippen LogP contribution in [-0.2, 0) is 4.79 Å². The number of amides is 1. The number of carboxylic acid groups (broad SMARTS) is 1. The number of carboxylic acids is 1. The third-order valence-electron chi connectivity index (χ3n) is 2.81. The van der Waals surface area contributed by atoms with Crippen molar-refractivity contribution >= 4 is 18.1 Å². The minimum Gasteiger partial charge on any atom is -0.481 e. The van der Waals surface area contributed by atoms with Gasteiger partial charge in [-0.05, 0) is 31.2 Å². The third-order valence-corrected chi connectivity index (χ3v) is 2.81. The molecule has 0 bridgehead atoms. The molecule has 0 unspecified atom stereocenters. The highest BCUT2D eigenvalue weighted by molar-refractivity contribution is 5.94. The minimum atomic E-state index is -1.07. The fourth-order valence-corrected chi connectivity index (χ4v) is 1.69. The fraction of sp³-hybridized carbons (Fsp3) is 0.125. The highest BCUT2D eigenvalue weighted by Gasteiger charge is 2.05. The molecule has 7 heteroatoms. The maximum absolute atomic E-state index is 11.9. The lowest BCUT2D eigenvalue weighted by Gasteiger charge is -2.06. The first-order valence-corrected chi connectivity index (χ1v) is 6.76. The Morgan fingerprint density at radius 1 is 1.30 bits per heavy atom. The molecule has 0 aliphatic rings. The van der Waals surface area contributed by atoms with Gasteiger partial charge in [0.15, 0.2) is 6.61 Å². The maximum Gasteiger partial charge on any atom is 0.341 e. The number of nitrogens with zero attached hydrogens (tertiary/aromatic N) is 2. The summed E-state index contributed by atoms with van der Waals surface area (Å²) in [6.45, 7) is 1.38. The number of hydrazone groups is 1. The highest BCUT2D eigenvalue weighted by Crippen LogP contribution is 2.15. The van der Waals surface area contributed by atoms with Crippen molar-refractivity contribution in [1.82, 2.24) is 10.4 Å². The van der Waals surface area contributed by atoms with Crippen molar-refractivity contribution in [3.05, 3.63) is 59.4 Å². The van der Waals surface area contributed by atoms with Gasteiger partial charge in [0.2, 0.25) is 0 Å². The van der Waals surface area contributed by atoms with Crippen LogP contribution in [-0.4, -0.2) is 34.8 Å². The molecule has 0 fully saturated rings. The second-order valence-electron chi connectivity index (χ2n) is 4.61. The van der Waals surface area contributed by atoms with Crippen LogP contribution < -0.4 is 10.2 Å². The lowest BCUT2D eigenvalue weighted by Crippen LogP contribution is -2.18. The Morgan fingerprint density at radius 3 is 2.78 bits per heavy atom. The van der Waals surface area contributed by atoms with Crippen molar-refractivity contribution < 1.29 is 19.4 Å². The van der Waals surface area contributed by atoms with Gasteiger partial charge in [-0.2, -0.15) is 5.10 Å². The van der Waals surface area contributed by atoms with E-state index in [9.17, 15) is 9.59 Å². The average molecular weight is 313 g/mol. The predicted octanol–water partition coefficient (Wildman–Crippen LogP) is 1.62. The zero-order chi connectivity index (χ0) is 16.7. The molecule has 1 amide bonds. The van der Waals surface area contributed by atoms with Crippen LogP contribution in [0.2, 0.25) is 0 Å². The first-order valence-electron chi connectivity index (χ1n) is 6.76. The SMILES string of the molecule is Cc1ccc(C(=O)NN=Cc2ccccc2OCC(=O)O)cn1. The first kappa shape index (κ1) is 16.2. The second-order valence-corrected chi connectivity index (χ2v) is 4.61. The van der Waals surface area contributed by atoms with Gasteiger partial charge in [0, 0.05) is 17.5 Å². The van der Waals surface area contributed by atoms with Crippen LogP contribution in [0.5, 0.6) is 5.75 Å². The van der Waals surface area contributed by atoms with E-state index in [1.165, 1.54) is 12.4 Å². The second kappa shape index (κ2) is 7.69. The van der Waals surface area contributed by atoms with Gasteiger partial charge in [-0.25, -0.2) is 10.2 Å². The Bertz CT molecular complexity index is 726. The summed E-state index contributed by atoms with van der Waals surface area (Å²) in [5, 5.41) is 12.5. The van der Waals surface area contributed by atoms with Crippen LogP contribution in [0.3, 0.4) is 0 Å². The molecule has 118 valence electrons. The summed E-state index contributed by atoms with van der Waals surface area (Å²) in [6, 6.07) is 10.2. The van der Waals surface area contributed by atoms with Crippen molar-refractivity contribution in [3.63, 3.8) is 0 Å². The number of hydrogen-bond donors (Lipinski definition) is 2. The van der Waals surface area contributed by atoms with Crippen LogP contribution in [0.4, 0.5) is 0 Å². The Hall–Kier alpha value is -3.22. The zero-order valence-electron chi connectivity index (χ0n) is 12.4. The summed E-state index contributed by atoms with van der Waals surface area (Å²) >= 11 is 0. The Morgan fingerprint density at radius 2 is 2.09 bits per heavy atom. The van der Waals surface area contributed by atoms with E-state index in [4.69, 9.17) is 9.84 Å². The molecule has 1 heterocycles. The summed E-state index contributed by atoms with van der Waals surface area (Å²) in [5.41, 5.74) is 4.14. The number of para-hydroxylation sites is 1. The van der Waals surface area contributed by atoms with Crippen LogP contribution in [0, 0.1) is 6.92 Å². The number of aryl methyl sites for hydroxylation is 1. The van der Waals surface area contributed by atoms with Crippen LogP contribution in [0.15, 0.2) is 47.7 Å². The highest BCUT2D eigenvalue weighted by atomic mass is 16.5. The standard InChI is InChI=1S/C16H15N3O4/c1-11-6-7-13(8-17-11)16(22)19-18-9-12-4-2-3-5-14(12)23-10-15(20)21/h2-9H,10H2,1H3,(H,19,22)(H,20,21). The number of rotatable bonds is 6. The maximum atomic E-state index is 11.9. The number of ether oxygens (including phenoxy) is 1. The Balaban J connectivity index is 2.01. The number of pyridine rings is 1.